The van der Waals surface area contributed by atoms with E-state index in [2.05, 4.69) is 29.1 Å². The first-order valence-corrected chi connectivity index (χ1v) is 12.4. The number of amides is 1. The normalized spacial score (nSPS) is 20.6. The van der Waals surface area contributed by atoms with Crippen molar-refractivity contribution >= 4 is 23.3 Å². The molecular formula is C24H38ClFN4O. The first-order valence-electron chi connectivity index (χ1n) is 12.0. The van der Waals surface area contributed by atoms with E-state index in [0.29, 0.717) is 55.2 Å². The Balaban J connectivity index is 1.54. The summed E-state index contributed by atoms with van der Waals surface area (Å²) in [5, 5.41) is 3.55. The molecule has 1 aliphatic heterocycles. The molecular weight excluding hydrogens is 415 g/mol. The quantitative estimate of drug-likeness (QED) is 0.515. The van der Waals surface area contributed by atoms with E-state index in [4.69, 9.17) is 11.6 Å². The number of nitrogens with one attached hydrogen (secondary N) is 1. The predicted molar refractivity (Wildman–Crippen MR) is 124 cm³/mol. The first kappa shape index (κ1) is 24.2. The lowest BCUT2D eigenvalue weighted by molar-refractivity contribution is -0.140. The number of alkyl halides is 1. The Morgan fingerprint density at radius 2 is 1.94 bits per heavy atom. The van der Waals surface area contributed by atoms with Gasteiger partial charge in [-0.15, -0.1) is 0 Å². The predicted octanol–water partition coefficient (Wildman–Crippen LogP) is 5.68. The number of piperidine rings is 1. The van der Waals surface area contributed by atoms with Gasteiger partial charge in [0.05, 0.1) is 6.54 Å². The monoisotopic (exact) mass is 452 g/mol. The fraction of sp³-hybridized carbons (Fsp3) is 0.792. The van der Waals surface area contributed by atoms with Gasteiger partial charge in [-0.3, -0.25) is 4.79 Å². The summed E-state index contributed by atoms with van der Waals surface area (Å²) in [4.78, 5) is 23.4. The summed E-state index contributed by atoms with van der Waals surface area (Å²) in [5.41, 5.74) is -0.543. The van der Waals surface area contributed by atoms with Crippen LogP contribution in [0.1, 0.15) is 77.7 Å². The first-order chi connectivity index (χ1) is 14.8. The molecule has 2 fully saturated rings. The van der Waals surface area contributed by atoms with E-state index in [-0.39, 0.29) is 18.4 Å². The number of carbonyl (C=O) groups excluding carboxylic acids is 1. The van der Waals surface area contributed by atoms with E-state index >= 15 is 4.39 Å². The molecule has 1 aliphatic carbocycles. The average Bonchev–Trinajstić information content (AvgIpc) is 2.77. The Labute approximate surface area is 191 Å². The molecule has 0 radical (unpaired) electrons. The zero-order valence-electron chi connectivity index (χ0n) is 19.3. The lowest BCUT2D eigenvalue weighted by Gasteiger charge is -2.39. The van der Waals surface area contributed by atoms with E-state index < -0.39 is 5.67 Å². The molecule has 1 N–H and O–H groups in total. The van der Waals surface area contributed by atoms with Crippen LogP contribution in [-0.2, 0) is 11.2 Å². The van der Waals surface area contributed by atoms with Gasteiger partial charge in [-0.2, -0.15) is 0 Å². The topological polar surface area (TPSA) is 58.1 Å². The maximum atomic E-state index is 15.5. The summed E-state index contributed by atoms with van der Waals surface area (Å²) in [6.45, 7) is 7.41. The number of nitrogens with zero attached hydrogens (tertiary/aromatic N) is 3. The maximum absolute atomic E-state index is 15.5. The highest BCUT2D eigenvalue weighted by atomic mass is 35.5. The van der Waals surface area contributed by atoms with Crippen LogP contribution in [0, 0.1) is 17.8 Å². The van der Waals surface area contributed by atoms with Gasteiger partial charge in [0.25, 0.3) is 0 Å². The van der Waals surface area contributed by atoms with Crippen molar-refractivity contribution in [2.75, 3.05) is 25.0 Å². The van der Waals surface area contributed by atoms with Gasteiger partial charge in [-0.1, -0.05) is 64.5 Å². The molecule has 31 heavy (non-hydrogen) atoms. The molecule has 7 heteroatoms. The molecule has 1 aromatic rings. The van der Waals surface area contributed by atoms with Crippen molar-refractivity contribution in [3.8, 4) is 0 Å². The average molecular weight is 453 g/mol. The number of hydrogen-bond acceptors (Lipinski definition) is 4. The van der Waals surface area contributed by atoms with Crippen LogP contribution in [0.25, 0.3) is 0 Å². The van der Waals surface area contributed by atoms with Gasteiger partial charge in [-0.05, 0) is 24.7 Å². The van der Waals surface area contributed by atoms with Crippen molar-refractivity contribution in [3.05, 3.63) is 17.0 Å². The number of aromatic nitrogens is 2. The Hall–Kier alpha value is -1.43. The third kappa shape index (κ3) is 6.30. The minimum Gasteiger partial charge on any atom is -0.366 e. The van der Waals surface area contributed by atoms with E-state index in [0.717, 1.165) is 12.0 Å². The number of carbonyl (C=O) groups is 1. The molecule has 2 heterocycles. The second-order valence-electron chi connectivity index (χ2n) is 9.77. The fourth-order valence-electron chi connectivity index (χ4n) is 5.08. The Bertz CT molecular complexity index is 730. The van der Waals surface area contributed by atoms with E-state index in [1.165, 1.54) is 38.4 Å². The summed E-state index contributed by atoms with van der Waals surface area (Å²) in [5.74, 6) is 1.88. The zero-order chi connectivity index (χ0) is 22.4. The summed E-state index contributed by atoms with van der Waals surface area (Å²) in [6, 6.07) is 0. The fourth-order valence-corrected chi connectivity index (χ4v) is 5.34. The van der Waals surface area contributed by atoms with Gasteiger partial charge in [-0.25, -0.2) is 14.4 Å². The number of halogens is 2. The Kier molecular flexibility index (Phi) is 8.54. The SMILES string of the molecule is CCc1c(Cl)ncnc1NCC1(F)CCN(C(=O)C(CC2CCCCC2)C(C)C)CC1. The van der Waals surface area contributed by atoms with Crippen molar-refractivity contribution in [1.29, 1.82) is 0 Å². The second-order valence-corrected chi connectivity index (χ2v) is 10.1. The smallest absolute Gasteiger partial charge is 0.225 e. The molecule has 1 saturated carbocycles. The van der Waals surface area contributed by atoms with Crippen LogP contribution in [-0.4, -0.2) is 46.1 Å². The van der Waals surface area contributed by atoms with Gasteiger partial charge in [0.2, 0.25) is 5.91 Å². The molecule has 1 saturated heterocycles. The highest BCUT2D eigenvalue weighted by Crippen LogP contribution is 2.34. The number of hydrogen-bond donors (Lipinski definition) is 1. The highest BCUT2D eigenvalue weighted by molar-refractivity contribution is 6.30. The molecule has 1 unspecified atom stereocenters. The van der Waals surface area contributed by atoms with Crippen LogP contribution in [0.2, 0.25) is 5.15 Å². The standard InChI is InChI=1S/C24H38ClFN4O/c1-4-19-21(25)28-16-29-22(19)27-15-24(26)10-12-30(13-11-24)23(31)20(17(2)3)14-18-8-6-5-7-9-18/h16-18,20H,4-15H2,1-3H3,(H,27,28,29). The summed E-state index contributed by atoms with van der Waals surface area (Å²) in [7, 11) is 0. The summed E-state index contributed by atoms with van der Waals surface area (Å²) >= 11 is 6.14. The largest absolute Gasteiger partial charge is 0.366 e. The van der Waals surface area contributed by atoms with Crippen molar-refractivity contribution < 1.29 is 9.18 Å². The van der Waals surface area contributed by atoms with Gasteiger partial charge < -0.3 is 10.2 Å². The summed E-state index contributed by atoms with van der Waals surface area (Å²) < 4.78 is 15.5. The zero-order valence-corrected chi connectivity index (χ0v) is 20.1. The summed E-state index contributed by atoms with van der Waals surface area (Å²) in [6.07, 6.45) is 10.2. The van der Waals surface area contributed by atoms with Crippen LogP contribution < -0.4 is 5.32 Å². The third-order valence-electron chi connectivity index (χ3n) is 7.22. The van der Waals surface area contributed by atoms with Crippen LogP contribution in [0.5, 0.6) is 0 Å². The molecule has 1 atom stereocenters. The van der Waals surface area contributed by atoms with Crippen LogP contribution in [0.3, 0.4) is 0 Å². The molecule has 5 nitrogen and oxygen atoms in total. The minimum atomic E-state index is -1.35. The van der Waals surface area contributed by atoms with Crippen molar-refractivity contribution in [2.45, 2.75) is 84.2 Å². The molecule has 3 rings (SSSR count). The van der Waals surface area contributed by atoms with E-state index in [1.54, 1.807) is 0 Å². The Morgan fingerprint density at radius 3 is 2.55 bits per heavy atom. The van der Waals surface area contributed by atoms with Crippen LogP contribution in [0.15, 0.2) is 6.33 Å². The van der Waals surface area contributed by atoms with Gasteiger partial charge in [0.15, 0.2) is 0 Å². The molecule has 174 valence electrons. The molecule has 0 aromatic carbocycles. The molecule has 1 amide bonds. The highest BCUT2D eigenvalue weighted by Gasteiger charge is 2.38. The van der Waals surface area contributed by atoms with E-state index in [1.807, 2.05) is 11.8 Å². The van der Waals surface area contributed by atoms with Crippen molar-refractivity contribution in [3.63, 3.8) is 0 Å². The van der Waals surface area contributed by atoms with Crippen LogP contribution in [0.4, 0.5) is 10.2 Å². The van der Waals surface area contributed by atoms with Crippen LogP contribution >= 0.6 is 11.6 Å². The minimum absolute atomic E-state index is 0.0589. The van der Waals surface area contributed by atoms with Gasteiger partial charge in [0.1, 0.15) is 23.0 Å². The second kappa shape index (κ2) is 10.9. The number of likely N-dealkylation sites (tertiary alicyclic amines) is 1. The molecule has 2 aliphatic rings. The van der Waals surface area contributed by atoms with E-state index in [9.17, 15) is 4.79 Å². The van der Waals surface area contributed by atoms with Crippen molar-refractivity contribution in [1.82, 2.24) is 14.9 Å². The van der Waals surface area contributed by atoms with Crippen molar-refractivity contribution in [2.24, 2.45) is 17.8 Å². The maximum Gasteiger partial charge on any atom is 0.225 e. The molecule has 0 bridgehead atoms. The van der Waals surface area contributed by atoms with Gasteiger partial charge >= 0.3 is 0 Å². The Morgan fingerprint density at radius 1 is 1.26 bits per heavy atom. The molecule has 1 aromatic heterocycles. The number of anilines is 1. The number of rotatable bonds is 8. The molecule has 0 spiro atoms. The lowest BCUT2D eigenvalue weighted by Crippen LogP contribution is -2.49. The van der Waals surface area contributed by atoms with Gasteiger partial charge in [0, 0.05) is 37.4 Å². The lowest BCUT2D eigenvalue weighted by atomic mass is 9.78. The third-order valence-corrected chi connectivity index (χ3v) is 7.55.